The fourth-order valence-electron chi connectivity index (χ4n) is 3.77. The van der Waals surface area contributed by atoms with Crippen molar-refractivity contribution in [2.75, 3.05) is 7.11 Å². The highest BCUT2D eigenvalue weighted by Crippen LogP contribution is 2.36. The van der Waals surface area contributed by atoms with Gasteiger partial charge in [-0.2, -0.15) is 0 Å². The summed E-state index contributed by atoms with van der Waals surface area (Å²) in [5.41, 5.74) is 1.81. The lowest BCUT2D eigenvalue weighted by Gasteiger charge is -2.38. The number of oxime groups is 1. The fraction of sp³-hybridized carbons (Fsp3) is 0.571. The van der Waals surface area contributed by atoms with Crippen LogP contribution in [0.25, 0.3) is 0 Å². The predicted molar refractivity (Wildman–Crippen MR) is 99.8 cm³/mol. The van der Waals surface area contributed by atoms with Crippen LogP contribution in [-0.2, 0) is 9.57 Å². The SMILES string of the molecule is COc1ccc(C2=NO[C@@H](O[C@H]3C[C@@H](C)CC[C@@H]3C(C)C)C=C2)cc1. The molecule has 4 atom stereocenters. The second-order valence-electron chi connectivity index (χ2n) is 7.54. The largest absolute Gasteiger partial charge is 0.497 e. The van der Waals surface area contributed by atoms with Crippen LogP contribution >= 0.6 is 0 Å². The topological polar surface area (TPSA) is 40.0 Å². The van der Waals surface area contributed by atoms with E-state index in [1.807, 2.05) is 36.4 Å². The maximum atomic E-state index is 6.26. The number of rotatable bonds is 5. The maximum absolute atomic E-state index is 6.26. The van der Waals surface area contributed by atoms with Crippen LogP contribution in [0.15, 0.2) is 41.6 Å². The van der Waals surface area contributed by atoms with Gasteiger partial charge in [0, 0.05) is 5.56 Å². The van der Waals surface area contributed by atoms with E-state index in [4.69, 9.17) is 14.3 Å². The number of hydrogen-bond acceptors (Lipinski definition) is 4. The Morgan fingerprint density at radius 3 is 2.52 bits per heavy atom. The van der Waals surface area contributed by atoms with E-state index in [1.54, 1.807) is 7.11 Å². The molecule has 1 saturated carbocycles. The number of allylic oxidation sites excluding steroid dienone is 1. The Labute approximate surface area is 150 Å². The minimum Gasteiger partial charge on any atom is -0.497 e. The third-order valence-electron chi connectivity index (χ3n) is 5.32. The predicted octanol–water partition coefficient (Wildman–Crippen LogP) is 4.79. The first kappa shape index (κ1) is 18.0. The van der Waals surface area contributed by atoms with Gasteiger partial charge in [0.1, 0.15) is 11.5 Å². The molecule has 0 N–H and O–H groups in total. The molecular formula is C21H29NO3. The standard InChI is InChI=1S/C21H29NO3/c1-14(2)18-10-5-15(3)13-20(18)24-21-12-11-19(22-25-21)16-6-8-17(23-4)9-7-16/h6-9,11-12,14-15,18,20-21H,5,10,13H2,1-4H3/t15-,18+,20-,21+/m0/s1. The first-order valence-corrected chi connectivity index (χ1v) is 9.28. The van der Waals surface area contributed by atoms with Crippen molar-refractivity contribution in [1.82, 2.24) is 0 Å². The van der Waals surface area contributed by atoms with Gasteiger partial charge in [0.25, 0.3) is 0 Å². The molecule has 1 aromatic rings. The van der Waals surface area contributed by atoms with E-state index in [2.05, 4.69) is 25.9 Å². The summed E-state index contributed by atoms with van der Waals surface area (Å²) in [6, 6.07) is 7.80. The van der Waals surface area contributed by atoms with Gasteiger partial charge >= 0.3 is 0 Å². The van der Waals surface area contributed by atoms with E-state index >= 15 is 0 Å². The average Bonchev–Trinajstić information content (AvgIpc) is 2.62. The van der Waals surface area contributed by atoms with Gasteiger partial charge in [0.2, 0.25) is 6.29 Å². The second kappa shape index (κ2) is 8.05. The lowest BCUT2D eigenvalue weighted by molar-refractivity contribution is -0.172. The summed E-state index contributed by atoms with van der Waals surface area (Å²) in [6.07, 6.45) is 7.43. The molecule has 4 heteroatoms. The lowest BCUT2D eigenvalue weighted by atomic mass is 9.75. The maximum Gasteiger partial charge on any atom is 0.246 e. The molecule has 0 bridgehead atoms. The highest BCUT2D eigenvalue weighted by Gasteiger charge is 2.33. The molecule has 1 fully saturated rings. The van der Waals surface area contributed by atoms with E-state index in [-0.39, 0.29) is 6.10 Å². The zero-order valence-corrected chi connectivity index (χ0v) is 15.6. The Kier molecular flexibility index (Phi) is 5.79. The minimum absolute atomic E-state index is 0.246. The van der Waals surface area contributed by atoms with Crippen molar-refractivity contribution in [1.29, 1.82) is 0 Å². The van der Waals surface area contributed by atoms with E-state index in [0.29, 0.717) is 17.8 Å². The zero-order chi connectivity index (χ0) is 17.8. The molecule has 1 aliphatic heterocycles. The van der Waals surface area contributed by atoms with Crippen LogP contribution in [0.4, 0.5) is 0 Å². The lowest BCUT2D eigenvalue weighted by Crippen LogP contribution is -2.37. The van der Waals surface area contributed by atoms with Crippen molar-refractivity contribution in [3.05, 3.63) is 42.0 Å². The molecule has 1 heterocycles. The summed E-state index contributed by atoms with van der Waals surface area (Å²) in [5, 5.41) is 4.26. The Morgan fingerprint density at radius 2 is 1.92 bits per heavy atom. The van der Waals surface area contributed by atoms with Gasteiger partial charge in [0.05, 0.1) is 13.2 Å². The molecule has 0 radical (unpaired) electrons. The first-order chi connectivity index (χ1) is 12.1. The quantitative estimate of drug-likeness (QED) is 0.772. The smallest absolute Gasteiger partial charge is 0.246 e. The third kappa shape index (κ3) is 4.43. The summed E-state index contributed by atoms with van der Waals surface area (Å²) >= 11 is 0. The van der Waals surface area contributed by atoms with Crippen molar-refractivity contribution in [3.63, 3.8) is 0 Å². The summed E-state index contributed by atoms with van der Waals surface area (Å²) in [6.45, 7) is 6.88. The van der Waals surface area contributed by atoms with Crippen molar-refractivity contribution < 1.29 is 14.3 Å². The molecule has 2 aliphatic rings. The van der Waals surface area contributed by atoms with Gasteiger partial charge in [-0.25, -0.2) is 0 Å². The van der Waals surface area contributed by atoms with Gasteiger partial charge in [-0.1, -0.05) is 32.3 Å². The number of nitrogens with zero attached hydrogens (tertiary/aromatic N) is 1. The van der Waals surface area contributed by atoms with Crippen LogP contribution in [0.5, 0.6) is 5.75 Å². The van der Waals surface area contributed by atoms with Gasteiger partial charge < -0.3 is 14.3 Å². The van der Waals surface area contributed by atoms with E-state index in [0.717, 1.165) is 23.4 Å². The molecule has 3 rings (SSSR count). The van der Waals surface area contributed by atoms with Crippen LogP contribution in [0.2, 0.25) is 0 Å². The molecular weight excluding hydrogens is 314 g/mol. The molecule has 136 valence electrons. The number of hydrogen-bond donors (Lipinski definition) is 0. The molecule has 1 aromatic carbocycles. The van der Waals surface area contributed by atoms with E-state index < -0.39 is 6.29 Å². The molecule has 0 aromatic heterocycles. The monoisotopic (exact) mass is 343 g/mol. The van der Waals surface area contributed by atoms with E-state index in [1.165, 1.54) is 12.8 Å². The Morgan fingerprint density at radius 1 is 1.16 bits per heavy atom. The highest BCUT2D eigenvalue weighted by molar-refractivity contribution is 6.08. The Balaban J connectivity index is 1.61. The average molecular weight is 343 g/mol. The van der Waals surface area contributed by atoms with Crippen LogP contribution < -0.4 is 4.74 Å². The van der Waals surface area contributed by atoms with Crippen molar-refractivity contribution in [3.8, 4) is 5.75 Å². The van der Waals surface area contributed by atoms with Crippen molar-refractivity contribution in [2.45, 2.75) is 52.4 Å². The summed E-state index contributed by atoms with van der Waals surface area (Å²) in [4.78, 5) is 5.62. The van der Waals surface area contributed by atoms with E-state index in [9.17, 15) is 0 Å². The Hall–Kier alpha value is -1.81. The Bertz CT molecular complexity index is 621. The second-order valence-corrected chi connectivity index (χ2v) is 7.54. The fourth-order valence-corrected chi connectivity index (χ4v) is 3.77. The van der Waals surface area contributed by atoms with Gasteiger partial charge in [-0.15, -0.1) is 0 Å². The minimum atomic E-state index is -0.390. The van der Waals surface area contributed by atoms with Crippen LogP contribution in [0.1, 0.15) is 45.6 Å². The summed E-state index contributed by atoms with van der Waals surface area (Å²) in [5.74, 6) is 2.77. The number of methoxy groups -OCH3 is 1. The molecule has 0 unspecified atom stereocenters. The highest BCUT2D eigenvalue weighted by atomic mass is 16.8. The van der Waals surface area contributed by atoms with Gasteiger partial charge in [-0.05, 0) is 67.0 Å². The molecule has 0 amide bonds. The summed E-state index contributed by atoms with van der Waals surface area (Å²) in [7, 11) is 1.66. The number of benzene rings is 1. The van der Waals surface area contributed by atoms with Crippen LogP contribution in [0.3, 0.4) is 0 Å². The van der Waals surface area contributed by atoms with Crippen molar-refractivity contribution >= 4 is 5.71 Å². The van der Waals surface area contributed by atoms with Crippen LogP contribution in [-0.4, -0.2) is 25.2 Å². The van der Waals surface area contributed by atoms with Crippen LogP contribution in [0, 0.1) is 17.8 Å². The molecule has 0 spiro atoms. The van der Waals surface area contributed by atoms with Gasteiger partial charge in [0.15, 0.2) is 0 Å². The molecule has 0 saturated heterocycles. The molecule has 25 heavy (non-hydrogen) atoms. The molecule has 4 nitrogen and oxygen atoms in total. The molecule has 1 aliphatic carbocycles. The first-order valence-electron chi connectivity index (χ1n) is 9.28. The number of ether oxygens (including phenoxy) is 2. The third-order valence-corrected chi connectivity index (χ3v) is 5.32. The van der Waals surface area contributed by atoms with Gasteiger partial charge in [-0.3, -0.25) is 0 Å². The normalized spacial score (nSPS) is 29.2. The van der Waals surface area contributed by atoms with Crippen molar-refractivity contribution in [2.24, 2.45) is 22.9 Å². The zero-order valence-electron chi connectivity index (χ0n) is 15.6. The summed E-state index contributed by atoms with van der Waals surface area (Å²) < 4.78 is 11.4.